The molecule has 2 aromatic rings. The molecule has 0 fully saturated rings. The third kappa shape index (κ3) is 3.82. The minimum Gasteiger partial charge on any atom is -0.466 e. The molecule has 0 saturated heterocycles. The molecule has 21 heavy (non-hydrogen) atoms. The molecule has 6 nitrogen and oxygen atoms in total. The molecule has 1 atom stereocenters. The van der Waals surface area contributed by atoms with Crippen LogP contribution in [-0.2, 0) is 10.3 Å². The van der Waals surface area contributed by atoms with Gasteiger partial charge in [-0.1, -0.05) is 0 Å². The number of anilines is 1. The largest absolute Gasteiger partial charge is 0.466 e. The van der Waals surface area contributed by atoms with Crippen LogP contribution >= 0.6 is 0 Å². The lowest BCUT2D eigenvalue weighted by atomic mass is 10.0. The van der Waals surface area contributed by atoms with Crippen LogP contribution < -0.4 is 5.32 Å². The lowest BCUT2D eigenvalue weighted by molar-refractivity contribution is 0.0474. The van der Waals surface area contributed by atoms with Gasteiger partial charge in [-0.2, -0.15) is 0 Å². The molecule has 0 aliphatic carbocycles. The zero-order chi connectivity index (χ0) is 15.3. The van der Waals surface area contributed by atoms with E-state index in [1.165, 1.54) is 12.5 Å². The molecule has 2 heterocycles. The van der Waals surface area contributed by atoms with Crippen molar-refractivity contribution in [2.75, 3.05) is 18.5 Å². The second-order valence-corrected chi connectivity index (χ2v) is 4.76. The first kappa shape index (κ1) is 15.1. The van der Waals surface area contributed by atoms with E-state index in [9.17, 15) is 9.90 Å². The lowest BCUT2D eigenvalue weighted by Crippen LogP contribution is -2.30. The second-order valence-electron chi connectivity index (χ2n) is 4.76. The highest BCUT2D eigenvalue weighted by atomic mass is 16.5. The van der Waals surface area contributed by atoms with E-state index >= 15 is 0 Å². The molecule has 0 aromatic carbocycles. The number of aliphatic hydroxyl groups is 1. The van der Waals surface area contributed by atoms with E-state index in [4.69, 9.17) is 9.15 Å². The molecule has 0 aliphatic heterocycles. The van der Waals surface area contributed by atoms with E-state index in [-0.39, 0.29) is 6.54 Å². The van der Waals surface area contributed by atoms with Gasteiger partial charge in [0.15, 0.2) is 0 Å². The van der Waals surface area contributed by atoms with Crippen molar-refractivity contribution >= 4 is 11.8 Å². The summed E-state index contributed by atoms with van der Waals surface area (Å²) in [6.45, 7) is 3.95. The highest BCUT2D eigenvalue weighted by Crippen LogP contribution is 2.21. The van der Waals surface area contributed by atoms with Crippen LogP contribution in [0.25, 0.3) is 0 Å². The Bertz CT molecular complexity index is 576. The number of rotatable bonds is 6. The summed E-state index contributed by atoms with van der Waals surface area (Å²) in [5.41, 5.74) is -0.759. The Morgan fingerprint density at radius 3 is 2.86 bits per heavy atom. The molecule has 112 valence electrons. The van der Waals surface area contributed by atoms with Crippen molar-refractivity contribution in [1.82, 2.24) is 4.98 Å². The molecule has 2 rings (SSSR count). The molecular formula is C15H18N2O4. The molecule has 0 aliphatic rings. The molecule has 0 radical (unpaired) electrons. The maximum Gasteiger partial charge on any atom is 0.339 e. The second kappa shape index (κ2) is 6.41. The van der Waals surface area contributed by atoms with Crippen molar-refractivity contribution in [3.63, 3.8) is 0 Å². The van der Waals surface area contributed by atoms with Gasteiger partial charge in [0.2, 0.25) is 0 Å². The van der Waals surface area contributed by atoms with Crippen LogP contribution in [0, 0.1) is 0 Å². The van der Waals surface area contributed by atoms with Crippen molar-refractivity contribution < 1.29 is 19.1 Å². The fourth-order valence-electron chi connectivity index (χ4n) is 1.77. The van der Waals surface area contributed by atoms with Crippen LogP contribution in [0.5, 0.6) is 0 Å². The van der Waals surface area contributed by atoms with E-state index in [1.807, 2.05) is 0 Å². The molecular weight excluding hydrogens is 272 g/mol. The van der Waals surface area contributed by atoms with Crippen LogP contribution in [0.1, 0.15) is 30.0 Å². The van der Waals surface area contributed by atoms with Gasteiger partial charge in [0, 0.05) is 6.20 Å². The molecule has 0 amide bonds. The number of pyridine rings is 1. The van der Waals surface area contributed by atoms with Crippen molar-refractivity contribution in [2.24, 2.45) is 0 Å². The highest BCUT2D eigenvalue weighted by molar-refractivity contribution is 5.89. The summed E-state index contributed by atoms with van der Waals surface area (Å²) in [5, 5.41) is 13.3. The van der Waals surface area contributed by atoms with Gasteiger partial charge < -0.3 is 19.6 Å². The van der Waals surface area contributed by atoms with Crippen LogP contribution in [0.15, 0.2) is 41.1 Å². The normalized spacial score (nSPS) is 13.5. The van der Waals surface area contributed by atoms with Gasteiger partial charge in [0.25, 0.3) is 0 Å². The topological polar surface area (TPSA) is 84.6 Å². The maximum absolute atomic E-state index is 11.5. The first-order chi connectivity index (χ1) is 10.0. The number of furan rings is 1. The smallest absolute Gasteiger partial charge is 0.339 e. The van der Waals surface area contributed by atoms with Crippen LogP contribution in [-0.4, -0.2) is 29.2 Å². The van der Waals surface area contributed by atoms with Crippen molar-refractivity contribution in [2.45, 2.75) is 19.4 Å². The van der Waals surface area contributed by atoms with Gasteiger partial charge in [-0.05, 0) is 38.1 Å². The summed E-state index contributed by atoms with van der Waals surface area (Å²) in [5.74, 6) is 0.618. The number of nitrogens with zero attached hydrogens (tertiary/aromatic N) is 1. The predicted molar refractivity (Wildman–Crippen MR) is 77.0 cm³/mol. The van der Waals surface area contributed by atoms with Gasteiger partial charge >= 0.3 is 5.97 Å². The average molecular weight is 290 g/mol. The van der Waals surface area contributed by atoms with Crippen molar-refractivity contribution in [3.8, 4) is 0 Å². The number of aromatic nitrogens is 1. The molecule has 0 spiro atoms. The van der Waals surface area contributed by atoms with Gasteiger partial charge in [-0.25, -0.2) is 9.78 Å². The maximum atomic E-state index is 11.5. The Hall–Kier alpha value is -2.34. The summed E-state index contributed by atoms with van der Waals surface area (Å²) in [6, 6.07) is 6.70. The molecule has 6 heteroatoms. The molecule has 0 saturated carbocycles. The number of hydrogen-bond donors (Lipinski definition) is 2. The number of ether oxygens (including phenoxy) is 1. The average Bonchev–Trinajstić information content (AvgIpc) is 3.01. The number of carbonyl (C=O) groups excluding carboxylic acids is 1. The summed E-state index contributed by atoms with van der Waals surface area (Å²) >= 11 is 0. The number of esters is 1. The highest BCUT2D eigenvalue weighted by Gasteiger charge is 2.26. The Balaban J connectivity index is 1.96. The predicted octanol–water partition coefficient (Wildman–Crippen LogP) is 2.17. The Labute approximate surface area is 122 Å². The summed E-state index contributed by atoms with van der Waals surface area (Å²) in [6.07, 6.45) is 2.94. The molecule has 1 unspecified atom stereocenters. The summed E-state index contributed by atoms with van der Waals surface area (Å²) in [4.78, 5) is 15.6. The van der Waals surface area contributed by atoms with Crippen LogP contribution in [0.2, 0.25) is 0 Å². The first-order valence-corrected chi connectivity index (χ1v) is 6.66. The quantitative estimate of drug-likeness (QED) is 0.793. The fraction of sp³-hybridized carbons (Fsp3) is 0.333. The number of carbonyl (C=O) groups is 1. The van der Waals surface area contributed by atoms with E-state index in [0.29, 0.717) is 23.7 Å². The van der Waals surface area contributed by atoms with E-state index in [2.05, 4.69) is 10.3 Å². The third-order valence-corrected chi connectivity index (χ3v) is 2.94. The number of nitrogens with one attached hydrogen (secondary N) is 1. The van der Waals surface area contributed by atoms with E-state index in [0.717, 1.165) is 0 Å². The Kier molecular flexibility index (Phi) is 4.59. The molecule has 2 aromatic heterocycles. The van der Waals surface area contributed by atoms with Crippen molar-refractivity contribution in [3.05, 3.63) is 48.0 Å². The SMILES string of the molecule is CCOC(=O)c1ccc(NCC(C)(O)c2ccco2)nc1. The van der Waals surface area contributed by atoms with Gasteiger partial charge in [-0.15, -0.1) is 0 Å². The summed E-state index contributed by atoms with van der Waals surface area (Å²) < 4.78 is 10.1. The van der Waals surface area contributed by atoms with Crippen LogP contribution in [0.3, 0.4) is 0 Å². The lowest BCUT2D eigenvalue weighted by Gasteiger charge is -2.21. The molecule has 0 bridgehead atoms. The van der Waals surface area contributed by atoms with Gasteiger partial charge in [0.05, 0.1) is 25.0 Å². The monoisotopic (exact) mass is 290 g/mol. The first-order valence-electron chi connectivity index (χ1n) is 6.66. The zero-order valence-electron chi connectivity index (χ0n) is 12.0. The van der Waals surface area contributed by atoms with E-state index < -0.39 is 11.6 Å². The Morgan fingerprint density at radius 2 is 2.29 bits per heavy atom. The molecule has 2 N–H and O–H groups in total. The van der Waals surface area contributed by atoms with Crippen molar-refractivity contribution in [1.29, 1.82) is 0 Å². The van der Waals surface area contributed by atoms with Crippen LogP contribution in [0.4, 0.5) is 5.82 Å². The third-order valence-electron chi connectivity index (χ3n) is 2.94. The minimum absolute atomic E-state index is 0.228. The summed E-state index contributed by atoms with van der Waals surface area (Å²) in [7, 11) is 0. The van der Waals surface area contributed by atoms with Gasteiger partial charge in [-0.3, -0.25) is 0 Å². The Morgan fingerprint density at radius 1 is 1.48 bits per heavy atom. The standard InChI is InChI=1S/C15H18N2O4/c1-3-20-14(18)11-6-7-13(16-9-11)17-10-15(2,19)12-5-4-8-21-12/h4-9,19H,3,10H2,1-2H3,(H,16,17). The number of hydrogen-bond acceptors (Lipinski definition) is 6. The zero-order valence-corrected chi connectivity index (χ0v) is 12.0. The van der Waals surface area contributed by atoms with E-state index in [1.54, 1.807) is 38.1 Å². The minimum atomic E-state index is -1.15. The fourth-order valence-corrected chi connectivity index (χ4v) is 1.77. The van der Waals surface area contributed by atoms with Gasteiger partial charge in [0.1, 0.15) is 17.2 Å².